The number of pyridine rings is 1. The van der Waals surface area contributed by atoms with Gasteiger partial charge in [0.05, 0.1) is 12.8 Å². The predicted octanol–water partition coefficient (Wildman–Crippen LogP) is 3.76. The van der Waals surface area contributed by atoms with Crippen LogP contribution in [0.2, 0.25) is 0 Å². The lowest BCUT2D eigenvalue weighted by atomic mass is 9.93. The van der Waals surface area contributed by atoms with E-state index in [9.17, 15) is 4.39 Å². The van der Waals surface area contributed by atoms with Gasteiger partial charge in [-0.1, -0.05) is 0 Å². The second-order valence-corrected chi connectivity index (χ2v) is 6.55. The minimum Gasteiger partial charge on any atom is -0.493 e. The van der Waals surface area contributed by atoms with Crippen LogP contribution in [-0.2, 0) is 4.74 Å². The van der Waals surface area contributed by atoms with Crippen LogP contribution in [0.15, 0.2) is 36.5 Å². The number of halogens is 1. The van der Waals surface area contributed by atoms with E-state index in [4.69, 9.17) is 20.2 Å². The zero-order valence-corrected chi connectivity index (χ0v) is 15.0. The van der Waals surface area contributed by atoms with Crippen molar-refractivity contribution >= 4 is 5.82 Å². The van der Waals surface area contributed by atoms with E-state index in [0.717, 1.165) is 48.6 Å². The molecule has 0 bridgehead atoms. The molecule has 1 aliphatic rings. The van der Waals surface area contributed by atoms with Crippen molar-refractivity contribution in [1.29, 1.82) is 0 Å². The summed E-state index contributed by atoms with van der Waals surface area (Å²) in [6.45, 7) is 1.44. The molecule has 27 heavy (non-hydrogen) atoms. The van der Waals surface area contributed by atoms with Gasteiger partial charge in [0.25, 0.3) is 0 Å². The van der Waals surface area contributed by atoms with Gasteiger partial charge < -0.3 is 20.2 Å². The molecule has 0 saturated carbocycles. The third kappa shape index (κ3) is 3.50. The number of hydrogen-bond acceptors (Lipinski definition) is 5. The van der Waals surface area contributed by atoms with Gasteiger partial charge in [0.1, 0.15) is 11.6 Å². The van der Waals surface area contributed by atoms with Gasteiger partial charge in [0, 0.05) is 42.1 Å². The smallest absolute Gasteiger partial charge is 0.166 e. The van der Waals surface area contributed by atoms with Crippen molar-refractivity contribution < 1.29 is 13.9 Å². The molecule has 0 aliphatic carbocycles. The first-order valence-electron chi connectivity index (χ1n) is 8.89. The van der Waals surface area contributed by atoms with Crippen molar-refractivity contribution in [3.63, 3.8) is 0 Å². The van der Waals surface area contributed by atoms with Crippen LogP contribution in [0.1, 0.15) is 24.5 Å². The Balaban J connectivity index is 1.81. The van der Waals surface area contributed by atoms with E-state index in [2.05, 4.69) is 9.97 Å². The van der Waals surface area contributed by atoms with Crippen molar-refractivity contribution in [3.8, 4) is 28.4 Å². The van der Waals surface area contributed by atoms with Gasteiger partial charge in [0.2, 0.25) is 0 Å². The van der Waals surface area contributed by atoms with Crippen molar-refractivity contribution in [1.82, 2.24) is 15.0 Å². The number of hydrogen-bond donors (Lipinski definition) is 2. The topological polar surface area (TPSA) is 86.0 Å². The SMILES string of the molecule is COc1cc(-c2nc(-c3ccc(F)cc3)[nH]c2C2CCOCC2)cnc1N. The number of nitrogen functional groups attached to an aromatic ring is 1. The molecule has 4 rings (SSSR count). The van der Waals surface area contributed by atoms with E-state index in [1.807, 2.05) is 6.07 Å². The van der Waals surface area contributed by atoms with E-state index in [-0.39, 0.29) is 5.82 Å². The minimum absolute atomic E-state index is 0.275. The summed E-state index contributed by atoms with van der Waals surface area (Å²) in [7, 11) is 1.56. The molecule has 0 spiro atoms. The molecule has 3 N–H and O–H groups in total. The van der Waals surface area contributed by atoms with Gasteiger partial charge in [-0.25, -0.2) is 14.4 Å². The summed E-state index contributed by atoms with van der Waals surface area (Å²) in [5.74, 6) is 1.57. The lowest BCUT2D eigenvalue weighted by Crippen LogP contribution is -2.15. The fourth-order valence-corrected chi connectivity index (χ4v) is 3.38. The number of nitrogens with zero attached hydrogens (tertiary/aromatic N) is 2. The number of aromatic nitrogens is 3. The second-order valence-electron chi connectivity index (χ2n) is 6.55. The van der Waals surface area contributed by atoms with Gasteiger partial charge in [-0.3, -0.25) is 0 Å². The molecule has 7 heteroatoms. The number of ether oxygens (including phenoxy) is 2. The molecule has 0 amide bonds. The van der Waals surface area contributed by atoms with Crippen molar-refractivity contribution in [2.75, 3.05) is 26.1 Å². The van der Waals surface area contributed by atoms with Crippen LogP contribution >= 0.6 is 0 Å². The Morgan fingerprint density at radius 3 is 2.63 bits per heavy atom. The first-order valence-corrected chi connectivity index (χ1v) is 8.89. The molecule has 0 radical (unpaired) electrons. The number of benzene rings is 1. The number of anilines is 1. The minimum atomic E-state index is -0.275. The zero-order chi connectivity index (χ0) is 18.8. The molecule has 1 saturated heterocycles. The number of aromatic amines is 1. The van der Waals surface area contributed by atoms with Gasteiger partial charge in [0.15, 0.2) is 11.6 Å². The third-order valence-electron chi connectivity index (χ3n) is 4.85. The fraction of sp³-hybridized carbons (Fsp3) is 0.300. The summed E-state index contributed by atoms with van der Waals surface area (Å²) in [5, 5.41) is 0. The van der Waals surface area contributed by atoms with Crippen LogP contribution in [0.25, 0.3) is 22.6 Å². The van der Waals surface area contributed by atoms with Gasteiger partial charge in [-0.2, -0.15) is 0 Å². The molecular formula is C20H21FN4O2. The summed E-state index contributed by atoms with van der Waals surface area (Å²) in [5.41, 5.74) is 9.35. The average Bonchev–Trinajstić information content (AvgIpc) is 3.15. The monoisotopic (exact) mass is 368 g/mol. The Kier molecular flexibility index (Phi) is 4.77. The number of nitrogens with one attached hydrogen (secondary N) is 1. The van der Waals surface area contributed by atoms with Crippen LogP contribution in [0.5, 0.6) is 5.75 Å². The van der Waals surface area contributed by atoms with E-state index in [0.29, 0.717) is 23.3 Å². The molecule has 1 aromatic carbocycles. The van der Waals surface area contributed by atoms with E-state index in [1.54, 1.807) is 25.4 Å². The Hall–Kier alpha value is -2.93. The molecular weight excluding hydrogens is 347 g/mol. The Bertz CT molecular complexity index is 934. The molecule has 3 heterocycles. The normalized spacial score (nSPS) is 15.0. The maximum absolute atomic E-state index is 13.3. The molecule has 3 aromatic rings. The highest BCUT2D eigenvalue weighted by molar-refractivity contribution is 5.70. The first kappa shape index (κ1) is 17.5. The summed E-state index contributed by atoms with van der Waals surface area (Å²) in [6, 6.07) is 8.13. The number of imidazole rings is 1. The first-order chi connectivity index (χ1) is 13.2. The van der Waals surface area contributed by atoms with E-state index in [1.165, 1.54) is 12.1 Å². The highest BCUT2D eigenvalue weighted by atomic mass is 19.1. The summed E-state index contributed by atoms with van der Waals surface area (Å²) in [4.78, 5) is 12.5. The molecule has 140 valence electrons. The number of nitrogens with two attached hydrogens (primary N) is 1. The summed E-state index contributed by atoms with van der Waals surface area (Å²) < 4.78 is 24.1. The maximum Gasteiger partial charge on any atom is 0.166 e. The predicted molar refractivity (Wildman–Crippen MR) is 101 cm³/mol. The van der Waals surface area contributed by atoms with Crippen LogP contribution < -0.4 is 10.5 Å². The van der Waals surface area contributed by atoms with Gasteiger partial charge in [-0.15, -0.1) is 0 Å². The van der Waals surface area contributed by atoms with Crippen molar-refractivity contribution in [2.24, 2.45) is 0 Å². The highest BCUT2D eigenvalue weighted by Gasteiger charge is 2.24. The number of rotatable bonds is 4. The van der Waals surface area contributed by atoms with Gasteiger partial charge >= 0.3 is 0 Å². The lowest BCUT2D eigenvalue weighted by molar-refractivity contribution is 0.0847. The van der Waals surface area contributed by atoms with Crippen LogP contribution in [0, 0.1) is 5.82 Å². The molecule has 1 aliphatic heterocycles. The number of H-pyrrole nitrogens is 1. The van der Waals surface area contributed by atoms with E-state index >= 15 is 0 Å². The van der Waals surface area contributed by atoms with Crippen LogP contribution in [-0.4, -0.2) is 35.3 Å². The maximum atomic E-state index is 13.3. The Labute approximate surface area is 156 Å². The quantitative estimate of drug-likeness (QED) is 0.732. The Morgan fingerprint density at radius 2 is 1.93 bits per heavy atom. The highest BCUT2D eigenvalue weighted by Crippen LogP contribution is 2.36. The largest absolute Gasteiger partial charge is 0.493 e. The second kappa shape index (κ2) is 7.36. The molecule has 0 atom stereocenters. The molecule has 0 unspecified atom stereocenters. The number of methoxy groups -OCH3 is 1. The Morgan fingerprint density at radius 1 is 1.19 bits per heavy atom. The van der Waals surface area contributed by atoms with Crippen LogP contribution in [0.4, 0.5) is 10.2 Å². The molecule has 1 fully saturated rings. The molecule has 6 nitrogen and oxygen atoms in total. The van der Waals surface area contributed by atoms with E-state index < -0.39 is 0 Å². The van der Waals surface area contributed by atoms with Crippen molar-refractivity contribution in [2.45, 2.75) is 18.8 Å². The zero-order valence-electron chi connectivity index (χ0n) is 15.0. The molecule has 2 aromatic heterocycles. The van der Waals surface area contributed by atoms with Crippen LogP contribution in [0.3, 0.4) is 0 Å². The fourth-order valence-electron chi connectivity index (χ4n) is 3.38. The van der Waals surface area contributed by atoms with Gasteiger partial charge in [-0.05, 0) is 43.2 Å². The summed E-state index contributed by atoms with van der Waals surface area (Å²) >= 11 is 0. The average molecular weight is 368 g/mol. The third-order valence-corrected chi connectivity index (χ3v) is 4.85. The standard InChI is InChI=1S/C20H21FN4O2/c1-26-16-10-14(11-23-19(16)22)18-17(12-6-8-27-9-7-12)24-20(25-18)13-2-4-15(21)5-3-13/h2-5,10-12H,6-9H2,1H3,(H2,22,23)(H,24,25). The lowest BCUT2D eigenvalue weighted by Gasteiger charge is -2.22. The summed E-state index contributed by atoms with van der Waals surface area (Å²) in [6.07, 6.45) is 3.53. The van der Waals surface area contributed by atoms with Crippen molar-refractivity contribution in [3.05, 3.63) is 48.0 Å².